The molecule has 0 heterocycles. The van der Waals surface area contributed by atoms with Gasteiger partial charge in [0.15, 0.2) is 0 Å². The van der Waals surface area contributed by atoms with Crippen molar-refractivity contribution in [2.75, 3.05) is 17.1 Å². The fourth-order valence-corrected chi connectivity index (χ4v) is 4.15. The Balaban J connectivity index is 1.86. The first-order chi connectivity index (χ1) is 13.2. The van der Waals surface area contributed by atoms with Gasteiger partial charge in [0, 0.05) is 17.0 Å². The van der Waals surface area contributed by atoms with Gasteiger partial charge in [-0.05, 0) is 30.3 Å². The van der Waals surface area contributed by atoms with Gasteiger partial charge in [-0.3, -0.25) is 19.6 Å². The van der Waals surface area contributed by atoms with Crippen LogP contribution in [0, 0.1) is 16.0 Å². The average molecular weight is 426 g/mol. The van der Waals surface area contributed by atoms with Crippen LogP contribution in [0.4, 0.5) is 11.4 Å². The van der Waals surface area contributed by atoms with E-state index >= 15 is 0 Å². The van der Waals surface area contributed by atoms with E-state index in [4.69, 9.17) is 16.3 Å². The zero-order valence-corrected chi connectivity index (χ0v) is 16.2. The van der Waals surface area contributed by atoms with Crippen molar-refractivity contribution in [1.29, 1.82) is 0 Å². The molecular weight excluding hydrogens is 410 g/mol. The lowest BCUT2D eigenvalue weighted by Gasteiger charge is -2.14. The zero-order chi connectivity index (χ0) is 20.5. The van der Waals surface area contributed by atoms with Crippen molar-refractivity contribution in [2.45, 2.75) is 17.4 Å². The summed E-state index contributed by atoms with van der Waals surface area (Å²) in [5, 5.41) is 13.4. The number of carbonyl (C=O) groups is 1. The summed E-state index contributed by atoms with van der Waals surface area (Å²) in [6, 6.07) is 9.48. The lowest BCUT2D eigenvalue weighted by atomic mass is 10.3. The van der Waals surface area contributed by atoms with Gasteiger partial charge in [0.05, 0.1) is 17.8 Å². The van der Waals surface area contributed by atoms with E-state index in [0.717, 1.165) is 0 Å². The van der Waals surface area contributed by atoms with Crippen LogP contribution in [0.3, 0.4) is 0 Å². The molecule has 0 aliphatic heterocycles. The van der Waals surface area contributed by atoms with Gasteiger partial charge < -0.3 is 10.1 Å². The second-order valence-electron chi connectivity index (χ2n) is 6.14. The van der Waals surface area contributed by atoms with Crippen molar-refractivity contribution in [3.8, 4) is 5.75 Å². The fourth-order valence-electron chi connectivity index (χ4n) is 2.64. The number of halogens is 1. The first-order valence-electron chi connectivity index (χ1n) is 8.12. The average Bonchev–Trinajstić information content (AvgIpc) is 3.45. The van der Waals surface area contributed by atoms with Gasteiger partial charge in [0.1, 0.15) is 16.6 Å². The summed E-state index contributed by atoms with van der Waals surface area (Å²) in [6.07, 6.45) is 0.161. The largest absolute Gasteiger partial charge is 0.495 e. The number of anilines is 2. The van der Waals surface area contributed by atoms with E-state index in [1.54, 1.807) is 12.1 Å². The monoisotopic (exact) mass is 425 g/mol. The highest BCUT2D eigenvalue weighted by Crippen LogP contribution is 2.35. The lowest BCUT2D eigenvalue weighted by Crippen LogP contribution is -2.19. The van der Waals surface area contributed by atoms with Crippen LogP contribution in [0.5, 0.6) is 5.75 Å². The third-order valence-corrected chi connectivity index (χ3v) is 5.92. The minimum absolute atomic E-state index is 0.0622. The Morgan fingerprint density at radius 1 is 1.29 bits per heavy atom. The van der Waals surface area contributed by atoms with Crippen LogP contribution in [0.2, 0.25) is 5.02 Å². The highest BCUT2D eigenvalue weighted by Gasteiger charge is 2.53. The number of ether oxygens (including phenoxy) is 1. The number of hydrogen-bond acceptors (Lipinski definition) is 6. The van der Waals surface area contributed by atoms with Gasteiger partial charge in [0.2, 0.25) is 11.9 Å². The quantitative estimate of drug-likeness (QED) is 0.518. The number of methoxy groups -OCH3 is 1. The molecule has 1 saturated carbocycles. The summed E-state index contributed by atoms with van der Waals surface area (Å²) >= 11 is 6.00. The van der Waals surface area contributed by atoms with E-state index < -0.39 is 32.8 Å². The minimum atomic E-state index is -4.08. The molecule has 2 atom stereocenters. The van der Waals surface area contributed by atoms with E-state index in [1.165, 1.54) is 37.4 Å². The molecule has 0 aromatic heterocycles. The van der Waals surface area contributed by atoms with Crippen LogP contribution in [-0.2, 0) is 14.8 Å². The molecule has 1 aliphatic rings. The molecule has 11 heteroatoms. The maximum absolute atomic E-state index is 12.8. The van der Waals surface area contributed by atoms with Crippen molar-refractivity contribution in [3.05, 3.63) is 57.6 Å². The maximum Gasteiger partial charge on any atom is 0.265 e. The Bertz CT molecular complexity index is 1040. The molecule has 3 rings (SSSR count). The number of sulfonamides is 1. The van der Waals surface area contributed by atoms with Gasteiger partial charge in [-0.1, -0.05) is 23.7 Å². The van der Waals surface area contributed by atoms with Crippen molar-refractivity contribution in [1.82, 2.24) is 0 Å². The second-order valence-corrected chi connectivity index (χ2v) is 8.19. The standard InChI is InChI=1S/C17H16ClN3O6S/c1-27-15-7-6-10(19-17(22)11-9-14(11)21(23)24)8-16(15)28(25,26)20-13-5-3-2-4-12(13)18/h2-8,11,14,20H,9H2,1H3,(H,19,22)/t11-,14-/m1/s1. The van der Waals surface area contributed by atoms with E-state index in [9.17, 15) is 23.3 Å². The minimum Gasteiger partial charge on any atom is -0.495 e. The molecule has 1 amide bonds. The Morgan fingerprint density at radius 2 is 2.00 bits per heavy atom. The van der Waals surface area contributed by atoms with Gasteiger partial charge >= 0.3 is 0 Å². The molecule has 0 saturated heterocycles. The SMILES string of the molecule is COc1ccc(NC(=O)[C@@H]2C[C@H]2[N+](=O)[O-])cc1S(=O)(=O)Nc1ccccc1Cl. The van der Waals surface area contributed by atoms with Crippen LogP contribution < -0.4 is 14.8 Å². The Morgan fingerprint density at radius 3 is 2.61 bits per heavy atom. The first kappa shape index (κ1) is 19.9. The first-order valence-corrected chi connectivity index (χ1v) is 9.99. The smallest absolute Gasteiger partial charge is 0.265 e. The fraction of sp³-hybridized carbons (Fsp3) is 0.235. The number of nitrogens with one attached hydrogen (secondary N) is 2. The van der Waals surface area contributed by atoms with Crippen LogP contribution in [0.1, 0.15) is 6.42 Å². The molecule has 148 valence electrons. The molecule has 0 radical (unpaired) electrons. The van der Waals surface area contributed by atoms with Crippen molar-refractivity contribution >= 4 is 38.9 Å². The Kier molecular flexibility index (Phi) is 5.43. The molecule has 0 bridgehead atoms. The molecule has 2 aromatic rings. The molecule has 0 unspecified atom stereocenters. The molecular formula is C17H16ClN3O6S. The molecule has 2 aromatic carbocycles. The molecule has 28 heavy (non-hydrogen) atoms. The summed E-state index contributed by atoms with van der Waals surface area (Å²) in [5.74, 6) is -1.19. The molecule has 9 nitrogen and oxygen atoms in total. The van der Waals surface area contributed by atoms with Gasteiger partial charge in [0.25, 0.3) is 10.0 Å². The third kappa shape index (κ3) is 4.18. The van der Waals surface area contributed by atoms with Crippen molar-refractivity contribution < 1.29 is 22.9 Å². The molecule has 0 spiro atoms. The molecule has 1 aliphatic carbocycles. The number of para-hydroxylation sites is 1. The summed E-state index contributed by atoms with van der Waals surface area (Å²) < 4.78 is 33.1. The number of nitro groups is 1. The summed E-state index contributed by atoms with van der Waals surface area (Å²) in [4.78, 5) is 22.1. The zero-order valence-electron chi connectivity index (χ0n) is 14.6. The van der Waals surface area contributed by atoms with Crippen LogP contribution in [0.15, 0.2) is 47.4 Å². The number of amides is 1. The number of rotatable bonds is 7. The Labute approximate surface area is 165 Å². The third-order valence-electron chi connectivity index (χ3n) is 4.20. The highest BCUT2D eigenvalue weighted by molar-refractivity contribution is 7.92. The van der Waals surface area contributed by atoms with Crippen molar-refractivity contribution in [2.24, 2.45) is 5.92 Å². The van der Waals surface area contributed by atoms with Crippen LogP contribution >= 0.6 is 11.6 Å². The Hall–Kier alpha value is -2.85. The summed E-state index contributed by atoms with van der Waals surface area (Å²) in [6.45, 7) is 0. The number of carbonyl (C=O) groups excluding carboxylic acids is 1. The molecule has 1 fully saturated rings. The summed E-state index contributed by atoms with van der Waals surface area (Å²) in [7, 11) is -2.77. The molecule has 2 N–H and O–H groups in total. The number of nitrogens with zero attached hydrogens (tertiary/aromatic N) is 1. The van der Waals surface area contributed by atoms with E-state index in [0.29, 0.717) is 0 Å². The highest BCUT2D eigenvalue weighted by atomic mass is 35.5. The lowest BCUT2D eigenvalue weighted by molar-refractivity contribution is -0.497. The topological polar surface area (TPSA) is 128 Å². The maximum atomic E-state index is 12.8. The van der Waals surface area contributed by atoms with E-state index in [1.807, 2.05) is 0 Å². The van der Waals surface area contributed by atoms with Gasteiger partial charge in [-0.15, -0.1) is 0 Å². The number of hydrogen-bond donors (Lipinski definition) is 2. The normalized spacial score (nSPS) is 18.2. The van der Waals surface area contributed by atoms with Crippen molar-refractivity contribution in [3.63, 3.8) is 0 Å². The van der Waals surface area contributed by atoms with Crippen LogP contribution in [-0.4, -0.2) is 32.4 Å². The predicted octanol–water partition coefficient (Wildman–Crippen LogP) is 2.75. The number of benzene rings is 2. The second kappa shape index (κ2) is 7.64. The van der Waals surface area contributed by atoms with Gasteiger partial charge in [-0.25, -0.2) is 8.42 Å². The van der Waals surface area contributed by atoms with Gasteiger partial charge in [-0.2, -0.15) is 0 Å². The predicted molar refractivity (Wildman–Crippen MR) is 103 cm³/mol. The van der Waals surface area contributed by atoms with E-state index in [-0.39, 0.29) is 33.5 Å². The summed E-state index contributed by atoms with van der Waals surface area (Å²) in [5.41, 5.74) is 0.367. The van der Waals surface area contributed by atoms with Crippen LogP contribution in [0.25, 0.3) is 0 Å². The van der Waals surface area contributed by atoms with E-state index in [2.05, 4.69) is 10.0 Å².